The average Bonchev–Trinajstić information content (AvgIpc) is 2.28. The Morgan fingerprint density at radius 1 is 1.53 bits per heavy atom. The molecular formula is C11H9FN2O3. The quantitative estimate of drug-likeness (QED) is 0.315. The molecule has 88 valence electrons. The fraction of sp³-hybridized carbons (Fsp3) is 0.273. The second-order valence-corrected chi connectivity index (χ2v) is 3.58. The summed E-state index contributed by atoms with van der Waals surface area (Å²) in [6.07, 6.45) is 0.877. The van der Waals surface area contributed by atoms with Gasteiger partial charge >= 0.3 is 0 Å². The van der Waals surface area contributed by atoms with Crippen molar-refractivity contribution in [3.8, 4) is 11.8 Å². The van der Waals surface area contributed by atoms with Gasteiger partial charge in [-0.15, -0.1) is 0 Å². The summed E-state index contributed by atoms with van der Waals surface area (Å²) in [7, 11) is 0. The van der Waals surface area contributed by atoms with E-state index in [1.165, 1.54) is 6.07 Å². The number of hydrogen-bond donors (Lipinski definition) is 2. The predicted molar refractivity (Wildman–Crippen MR) is 56.2 cm³/mol. The molecule has 2 heterocycles. The van der Waals surface area contributed by atoms with Crippen molar-refractivity contribution in [1.82, 2.24) is 4.98 Å². The van der Waals surface area contributed by atoms with Crippen LogP contribution in [0.3, 0.4) is 0 Å². The molecule has 0 radical (unpaired) electrons. The lowest BCUT2D eigenvalue weighted by molar-refractivity contribution is -0.140. The number of oxime groups is 1. The lowest BCUT2D eigenvalue weighted by Crippen LogP contribution is -2.48. The highest BCUT2D eigenvalue weighted by Crippen LogP contribution is 2.14. The molecular weight excluding hydrogens is 227 g/mol. The van der Waals surface area contributed by atoms with E-state index < -0.39 is 11.4 Å². The van der Waals surface area contributed by atoms with Crippen LogP contribution in [0, 0.1) is 17.7 Å². The van der Waals surface area contributed by atoms with Crippen LogP contribution in [0.15, 0.2) is 17.3 Å². The van der Waals surface area contributed by atoms with Gasteiger partial charge in [0.1, 0.15) is 11.4 Å². The molecule has 1 saturated heterocycles. The predicted octanol–water partition coefficient (Wildman–Crippen LogP) is 0.142. The minimum absolute atomic E-state index is 0.115. The van der Waals surface area contributed by atoms with Gasteiger partial charge in [-0.3, -0.25) is 0 Å². The molecule has 0 aliphatic carbocycles. The fourth-order valence-corrected chi connectivity index (χ4v) is 1.22. The third-order valence-corrected chi connectivity index (χ3v) is 2.16. The molecule has 6 heteroatoms. The van der Waals surface area contributed by atoms with Gasteiger partial charge in [0, 0.05) is 0 Å². The maximum atomic E-state index is 13.1. The Labute approximate surface area is 96.6 Å². The molecule has 0 aromatic carbocycles. The molecule has 0 unspecified atom stereocenters. The molecule has 0 amide bonds. The lowest BCUT2D eigenvalue weighted by Gasteiger charge is -2.30. The summed E-state index contributed by atoms with van der Waals surface area (Å²) in [5.41, 5.74) is -0.973. The van der Waals surface area contributed by atoms with Gasteiger partial charge in [-0.05, 0) is 18.1 Å². The van der Waals surface area contributed by atoms with E-state index in [4.69, 9.17) is 9.94 Å². The number of aromatic nitrogens is 1. The molecule has 0 spiro atoms. The second-order valence-electron chi connectivity index (χ2n) is 3.58. The lowest BCUT2D eigenvalue weighted by atomic mass is 10.0. The Hall–Kier alpha value is -1.97. The van der Waals surface area contributed by atoms with E-state index in [1.54, 1.807) is 0 Å². The van der Waals surface area contributed by atoms with Crippen LogP contribution in [-0.4, -0.2) is 40.3 Å². The van der Waals surface area contributed by atoms with Crippen LogP contribution in [0.2, 0.25) is 0 Å². The first-order valence-electron chi connectivity index (χ1n) is 4.80. The van der Waals surface area contributed by atoms with Crippen molar-refractivity contribution in [2.24, 2.45) is 5.16 Å². The maximum absolute atomic E-state index is 13.1. The third kappa shape index (κ3) is 2.58. The molecule has 2 rings (SSSR count). The van der Waals surface area contributed by atoms with Crippen molar-refractivity contribution in [3.05, 3.63) is 29.3 Å². The van der Waals surface area contributed by atoms with Gasteiger partial charge in [0.05, 0.1) is 19.4 Å². The topological polar surface area (TPSA) is 74.9 Å². The van der Waals surface area contributed by atoms with Crippen molar-refractivity contribution in [2.45, 2.75) is 5.60 Å². The molecule has 1 aromatic rings. The Morgan fingerprint density at radius 3 is 2.88 bits per heavy atom. The Kier molecular flexibility index (Phi) is 3.04. The largest absolute Gasteiger partial charge is 0.411 e. The van der Waals surface area contributed by atoms with Gasteiger partial charge in [-0.2, -0.15) is 0 Å². The summed E-state index contributed by atoms with van der Waals surface area (Å²) in [4.78, 5) is 3.81. The maximum Gasteiger partial charge on any atom is 0.172 e. The first kappa shape index (κ1) is 11.5. The summed E-state index contributed by atoms with van der Waals surface area (Å²) in [6, 6.07) is 2.54. The van der Waals surface area contributed by atoms with Gasteiger partial charge in [-0.25, -0.2) is 9.37 Å². The van der Waals surface area contributed by atoms with Crippen molar-refractivity contribution in [1.29, 1.82) is 0 Å². The Balaban J connectivity index is 2.24. The number of pyridine rings is 1. The van der Waals surface area contributed by atoms with Crippen molar-refractivity contribution < 1.29 is 19.4 Å². The SMILES string of the molecule is O/N=C/c1nc(C#CC2(O)COC2)ccc1F. The molecule has 17 heavy (non-hydrogen) atoms. The van der Waals surface area contributed by atoms with Crippen molar-refractivity contribution >= 4 is 6.21 Å². The highest BCUT2D eigenvalue weighted by Gasteiger charge is 2.33. The number of halogens is 1. The number of aliphatic hydroxyl groups is 1. The van der Waals surface area contributed by atoms with Gasteiger partial charge in [-0.1, -0.05) is 11.1 Å². The number of hydrogen-bond acceptors (Lipinski definition) is 5. The van der Waals surface area contributed by atoms with Gasteiger partial charge in [0.25, 0.3) is 0 Å². The minimum atomic E-state index is -1.14. The van der Waals surface area contributed by atoms with Crippen LogP contribution in [0.1, 0.15) is 11.4 Å². The van der Waals surface area contributed by atoms with E-state index in [0.29, 0.717) is 0 Å². The molecule has 1 aliphatic rings. The van der Waals surface area contributed by atoms with Gasteiger partial charge in [0.2, 0.25) is 0 Å². The van der Waals surface area contributed by atoms with Gasteiger partial charge < -0.3 is 15.1 Å². The molecule has 0 saturated carbocycles. The van der Waals surface area contributed by atoms with Crippen LogP contribution >= 0.6 is 0 Å². The zero-order valence-corrected chi connectivity index (χ0v) is 8.72. The second kappa shape index (κ2) is 4.49. The van der Waals surface area contributed by atoms with E-state index in [0.717, 1.165) is 12.3 Å². The highest BCUT2D eigenvalue weighted by molar-refractivity contribution is 5.76. The molecule has 0 bridgehead atoms. The first-order chi connectivity index (χ1) is 8.13. The summed E-state index contributed by atoms with van der Waals surface area (Å²) in [5, 5.41) is 20.6. The highest BCUT2D eigenvalue weighted by atomic mass is 19.1. The Bertz CT molecular complexity index is 515. The minimum Gasteiger partial charge on any atom is -0.411 e. The molecule has 0 atom stereocenters. The number of nitrogens with zero attached hydrogens (tertiary/aromatic N) is 2. The number of rotatable bonds is 1. The Morgan fingerprint density at radius 2 is 2.29 bits per heavy atom. The van der Waals surface area contributed by atoms with E-state index in [9.17, 15) is 9.50 Å². The molecule has 5 nitrogen and oxygen atoms in total. The molecule has 2 N–H and O–H groups in total. The fourth-order valence-electron chi connectivity index (χ4n) is 1.22. The normalized spacial score (nSPS) is 17.3. The van der Waals surface area contributed by atoms with Crippen molar-refractivity contribution in [2.75, 3.05) is 13.2 Å². The van der Waals surface area contributed by atoms with E-state index >= 15 is 0 Å². The average molecular weight is 236 g/mol. The van der Waals surface area contributed by atoms with E-state index in [2.05, 4.69) is 22.0 Å². The van der Waals surface area contributed by atoms with Crippen LogP contribution in [0.25, 0.3) is 0 Å². The summed E-state index contributed by atoms with van der Waals surface area (Å²) in [5.74, 6) is 4.59. The zero-order chi connectivity index (χ0) is 12.3. The summed E-state index contributed by atoms with van der Waals surface area (Å²) < 4.78 is 17.9. The smallest absolute Gasteiger partial charge is 0.172 e. The van der Waals surface area contributed by atoms with Gasteiger partial charge in [0.15, 0.2) is 11.4 Å². The third-order valence-electron chi connectivity index (χ3n) is 2.16. The van der Waals surface area contributed by atoms with Crippen molar-refractivity contribution in [3.63, 3.8) is 0 Å². The molecule has 1 fully saturated rings. The monoisotopic (exact) mass is 236 g/mol. The van der Waals surface area contributed by atoms with Crippen LogP contribution in [0.4, 0.5) is 4.39 Å². The molecule has 1 aromatic heterocycles. The standard InChI is InChI=1S/C11H9FN2O3/c12-9-2-1-8(14-10(9)5-13-16)3-4-11(15)6-17-7-11/h1-2,5,15-16H,6-7H2/b13-5+. The zero-order valence-electron chi connectivity index (χ0n) is 8.72. The van der Waals surface area contributed by atoms with Crippen LogP contribution in [-0.2, 0) is 4.74 Å². The van der Waals surface area contributed by atoms with E-state index in [1.807, 2.05) is 0 Å². The first-order valence-corrected chi connectivity index (χ1v) is 4.80. The summed E-state index contributed by atoms with van der Waals surface area (Å²) >= 11 is 0. The molecule has 1 aliphatic heterocycles. The van der Waals surface area contributed by atoms with Crippen LogP contribution in [0.5, 0.6) is 0 Å². The number of ether oxygens (including phenoxy) is 1. The van der Waals surface area contributed by atoms with Crippen LogP contribution < -0.4 is 0 Å². The summed E-state index contributed by atoms with van der Waals surface area (Å²) in [6.45, 7) is 0.318. The van der Waals surface area contributed by atoms with E-state index in [-0.39, 0.29) is 24.6 Å².